The first-order valence-corrected chi connectivity index (χ1v) is 6.64. The molecular formula is C14H22O3. The standard InChI is InChI=1S/C14H22O3/c1-3-17-13(16)11(9-15)10-5-4-7-14(2)8-6-12(10)14/h9-10,12,15H,3-8H2,1-2H3/b11-9+/t10?,12?,14-/m0/s1. The van der Waals surface area contributed by atoms with Crippen molar-refractivity contribution in [3.8, 4) is 0 Å². The van der Waals surface area contributed by atoms with Crippen LogP contribution < -0.4 is 0 Å². The van der Waals surface area contributed by atoms with Crippen molar-refractivity contribution in [3.63, 3.8) is 0 Å². The summed E-state index contributed by atoms with van der Waals surface area (Å²) in [5.41, 5.74) is 0.881. The summed E-state index contributed by atoms with van der Waals surface area (Å²) in [6.07, 6.45) is 6.83. The molecule has 2 aliphatic carbocycles. The van der Waals surface area contributed by atoms with Gasteiger partial charge in [0.15, 0.2) is 0 Å². The molecule has 1 N–H and O–H groups in total. The average molecular weight is 238 g/mol. The Hall–Kier alpha value is -0.990. The van der Waals surface area contributed by atoms with E-state index in [4.69, 9.17) is 4.74 Å². The third-order valence-electron chi connectivity index (χ3n) is 4.72. The largest absolute Gasteiger partial charge is 0.515 e. The van der Waals surface area contributed by atoms with Crippen molar-refractivity contribution < 1.29 is 14.6 Å². The molecule has 0 aromatic carbocycles. The lowest BCUT2D eigenvalue weighted by Crippen LogP contribution is -2.46. The molecular weight excluding hydrogens is 216 g/mol. The molecule has 2 aliphatic rings. The van der Waals surface area contributed by atoms with Gasteiger partial charge in [-0.1, -0.05) is 13.3 Å². The molecule has 0 aliphatic heterocycles. The minimum Gasteiger partial charge on any atom is -0.515 e. The van der Waals surface area contributed by atoms with Crippen molar-refractivity contribution in [2.45, 2.75) is 46.0 Å². The van der Waals surface area contributed by atoms with Gasteiger partial charge in [-0.2, -0.15) is 0 Å². The Balaban J connectivity index is 2.12. The minimum atomic E-state index is -0.337. The van der Waals surface area contributed by atoms with Crippen LogP contribution in [0.15, 0.2) is 11.8 Å². The van der Waals surface area contributed by atoms with E-state index >= 15 is 0 Å². The van der Waals surface area contributed by atoms with Crippen LogP contribution in [-0.4, -0.2) is 17.7 Å². The molecule has 3 atom stereocenters. The van der Waals surface area contributed by atoms with Crippen LogP contribution in [0.2, 0.25) is 0 Å². The lowest BCUT2D eigenvalue weighted by atomic mass is 9.50. The van der Waals surface area contributed by atoms with Crippen molar-refractivity contribution in [1.29, 1.82) is 0 Å². The third-order valence-corrected chi connectivity index (χ3v) is 4.72. The summed E-state index contributed by atoms with van der Waals surface area (Å²) < 4.78 is 5.02. The van der Waals surface area contributed by atoms with Crippen LogP contribution >= 0.6 is 0 Å². The van der Waals surface area contributed by atoms with E-state index in [2.05, 4.69) is 6.92 Å². The highest BCUT2D eigenvalue weighted by Gasteiger charge is 2.50. The van der Waals surface area contributed by atoms with Crippen LogP contribution in [0.4, 0.5) is 0 Å². The smallest absolute Gasteiger partial charge is 0.337 e. The number of fused-ring (bicyclic) bond motifs is 1. The maximum atomic E-state index is 11.8. The van der Waals surface area contributed by atoms with Crippen molar-refractivity contribution in [3.05, 3.63) is 11.8 Å². The number of rotatable bonds is 3. The predicted octanol–water partition coefficient (Wildman–Crippen LogP) is 3.21. The Morgan fingerprint density at radius 3 is 2.76 bits per heavy atom. The number of hydrogen-bond acceptors (Lipinski definition) is 3. The second kappa shape index (κ2) is 4.71. The highest BCUT2D eigenvalue weighted by Crippen LogP contribution is 2.59. The fourth-order valence-corrected chi connectivity index (χ4v) is 3.61. The molecule has 3 heteroatoms. The molecule has 0 saturated heterocycles. The van der Waals surface area contributed by atoms with Gasteiger partial charge in [-0.25, -0.2) is 4.79 Å². The van der Waals surface area contributed by atoms with Crippen LogP contribution in [0.5, 0.6) is 0 Å². The molecule has 0 aromatic heterocycles. The molecule has 2 fully saturated rings. The summed E-state index contributed by atoms with van der Waals surface area (Å²) in [5, 5.41) is 9.32. The van der Waals surface area contributed by atoms with Gasteiger partial charge in [-0.3, -0.25) is 0 Å². The maximum absolute atomic E-state index is 11.8. The van der Waals surface area contributed by atoms with Gasteiger partial charge in [0.25, 0.3) is 0 Å². The predicted molar refractivity (Wildman–Crippen MR) is 65.5 cm³/mol. The minimum absolute atomic E-state index is 0.201. The summed E-state index contributed by atoms with van der Waals surface area (Å²) in [6.45, 7) is 4.47. The zero-order valence-electron chi connectivity index (χ0n) is 10.7. The third kappa shape index (κ3) is 2.07. The number of carbonyl (C=O) groups is 1. The highest BCUT2D eigenvalue weighted by molar-refractivity contribution is 5.88. The monoisotopic (exact) mass is 238 g/mol. The first kappa shape index (κ1) is 12.5. The molecule has 3 nitrogen and oxygen atoms in total. The van der Waals surface area contributed by atoms with Crippen LogP contribution in [0.1, 0.15) is 46.0 Å². The molecule has 0 spiro atoms. The Bertz CT molecular complexity index is 334. The number of hydrogen-bond donors (Lipinski definition) is 1. The van der Waals surface area contributed by atoms with E-state index in [0.717, 1.165) is 19.1 Å². The molecule has 17 heavy (non-hydrogen) atoms. The van der Waals surface area contributed by atoms with Gasteiger partial charge in [0.1, 0.15) is 0 Å². The van der Waals surface area contributed by atoms with E-state index in [9.17, 15) is 9.90 Å². The highest BCUT2D eigenvalue weighted by atomic mass is 16.5. The van der Waals surface area contributed by atoms with Crippen molar-refractivity contribution in [1.82, 2.24) is 0 Å². The van der Waals surface area contributed by atoms with Crippen LogP contribution in [0, 0.1) is 17.3 Å². The quantitative estimate of drug-likeness (QED) is 0.466. The molecule has 96 valence electrons. The molecule has 0 heterocycles. The zero-order chi connectivity index (χ0) is 12.5. The molecule has 0 bridgehead atoms. The first-order valence-electron chi connectivity index (χ1n) is 6.64. The molecule has 0 amide bonds. The van der Waals surface area contributed by atoms with E-state index in [1.165, 1.54) is 19.3 Å². The Morgan fingerprint density at radius 1 is 1.47 bits per heavy atom. The lowest BCUT2D eigenvalue weighted by Gasteiger charge is -2.54. The van der Waals surface area contributed by atoms with E-state index in [-0.39, 0.29) is 11.9 Å². The Morgan fingerprint density at radius 2 is 2.24 bits per heavy atom. The summed E-state index contributed by atoms with van der Waals surface area (Å²) >= 11 is 0. The normalized spacial score (nSPS) is 36.9. The lowest BCUT2D eigenvalue weighted by molar-refractivity contribution is -0.140. The average Bonchev–Trinajstić information content (AvgIpc) is 2.27. The molecule has 2 rings (SSSR count). The SMILES string of the molecule is CCOC(=O)/C(=C/O)C1CCC[C@@]2(C)CCC12. The summed E-state index contributed by atoms with van der Waals surface area (Å²) in [6, 6.07) is 0. The van der Waals surface area contributed by atoms with Gasteiger partial charge in [0, 0.05) is 0 Å². The van der Waals surface area contributed by atoms with E-state index in [1.807, 2.05) is 0 Å². The maximum Gasteiger partial charge on any atom is 0.337 e. The summed E-state index contributed by atoms with van der Waals surface area (Å²) in [7, 11) is 0. The topological polar surface area (TPSA) is 46.5 Å². The Kier molecular flexibility index (Phi) is 3.45. The number of carbonyl (C=O) groups excluding carboxylic acids is 1. The molecule has 0 aromatic rings. The van der Waals surface area contributed by atoms with Gasteiger partial charge < -0.3 is 9.84 Å². The number of ether oxygens (including phenoxy) is 1. The van der Waals surface area contributed by atoms with Crippen molar-refractivity contribution in [2.75, 3.05) is 6.61 Å². The van der Waals surface area contributed by atoms with Crippen molar-refractivity contribution >= 4 is 5.97 Å². The fourth-order valence-electron chi connectivity index (χ4n) is 3.61. The van der Waals surface area contributed by atoms with Gasteiger partial charge in [-0.05, 0) is 49.9 Å². The van der Waals surface area contributed by atoms with Gasteiger partial charge in [0.2, 0.25) is 0 Å². The number of esters is 1. The second-order valence-corrected chi connectivity index (χ2v) is 5.60. The van der Waals surface area contributed by atoms with Crippen LogP contribution in [0.3, 0.4) is 0 Å². The summed E-state index contributed by atoms with van der Waals surface area (Å²) in [4.78, 5) is 11.8. The van der Waals surface area contributed by atoms with Crippen LogP contribution in [0.25, 0.3) is 0 Å². The van der Waals surface area contributed by atoms with Gasteiger partial charge in [0.05, 0.1) is 18.4 Å². The second-order valence-electron chi connectivity index (χ2n) is 5.60. The van der Waals surface area contributed by atoms with E-state index in [1.54, 1.807) is 6.92 Å². The first-order chi connectivity index (χ1) is 8.12. The van der Waals surface area contributed by atoms with Gasteiger partial charge >= 0.3 is 5.97 Å². The van der Waals surface area contributed by atoms with E-state index in [0.29, 0.717) is 23.5 Å². The van der Waals surface area contributed by atoms with Crippen molar-refractivity contribution in [2.24, 2.45) is 17.3 Å². The van der Waals surface area contributed by atoms with E-state index < -0.39 is 0 Å². The number of aliphatic hydroxyl groups is 1. The number of aliphatic hydroxyl groups excluding tert-OH is 1. The summed E-state index contributed by atoms with van der Waals surface area (Å²) in [5.74, 6) is 0.418. The molecule has 2 saturated carbocycles. The zero-order valence-corrected chi connectivity index (χ0v) is 10.7. The van der Waals surface area contributed by atoms with Gasteiger partial charge in [-0.15, -0.1) is 0 Å². The molecule has 2 unspecified atom stereocenters. The molecule has 0 radical (unpaired) electrons. The van der Waals surface area contributed by atoms with Crippen LogP contribution in [-0.2, 0) is 9.53 Å². The fraction of sp³-hybridized carbons (Fsp3) is 0.786. The Labute approximate surface area is 103 Å².